The third-order valence-corrected chi connectivity index (χ3v) is 5.94. The number of benzene rings is 2. The zero-order valence-corrected chi connectivity index (χ0v) is 19.4. The Morgan fingerprint density at radius 1 is 1.14 bits per heavy atom. The molecule has 0 radical (unpaired) electrons. The molecule has 1 N–H and O–H groups in total. The first kappa shape index (κ1) is 24.6. The van der Waals surface area contributed by atoms with E-state index in [1.807, 2.05) is 0 Å². The number of anilines is 1. The number of hydrogen-bond acceptors (Lipinski definition) is 4. The molecule has 4 rings (SSSR count). The molecule has 1 saturated heterocycles. The lowest BCUT2D eigenvalue weighted by Crippen LogP contribution is -2.50. The summed E-state index contributed by atoms with van der Waals surface area (Å²) in [5, 5.41) is 2.90. The van der Waals surface area contributed by atoms with Crippen LogP contribution in [0.25, 0.3) is 11.1 Å². The van der Waals surface area contributed by atoms with Gasteiger partial charge in [-0.05, 0) is 37.5 Å². The highest BCUT2D eigenvalue weighted by Crippen LogP contribution is 2.38. The van der Waals surface area contributed by atoms with Gasteiger partial charge in [0.1, 0.15) is 17.5 Å². The number of alkyl halides is 3. The van der Waals surface area contributed by atoms with Crippen molar-refractivity contribution in [2.75, 3.05) is 11.9 Å². The van der Waals surface area contributed by atoms with Gasteiger partial charge in [-0.3, -0.25) is 9.59 Å². The SMILES string of the molecule is Cn1cnc(C(=O)N2CCCCC2C(=O)Nc2ccc(-c3ccccc3OC(F)(F)F)c(Cl)c2)c1. The molecule has 0 saturated carbocycles. The molecule has 1 unspecified atom stereocenters. The van der Waals surface area contributed by atoms with E-state index in [0.717, 1.165) is 12.8 Å². The Morgan fingerprint density at radius 2 is 1.91 bits per heavy atom. The predicted molar refractivity (Wildman–Crippen MR) is 124 cm³/mol. The maximum atomic E-state index is 13.1. The Balaban J connectivity index is 1.52. The minimum absolute atomic E-state index is 0.131. The first-order valence-electron chi connectivity index (χ1n) is 10.9. The Kier molecular flexibility index (Phi) is 7.02. The lowest BCUT2D eigenvalue weighted by atomic mass is 10.0. The van der Waals surface area contributed by atoms with Crippen molar-refractivity contribution in [2.45, 2.75) is 31.7 Å². The van der Waals surface area contributed by atoms with Gasteiger partial charge in [-0.1, -0.05) is 35.9 Å². The van der Waals surface area contributed by atoms with E-state index in [4.69, 9.17) is 11.6 Å². The predicted octanol–water partition coefficient (Wildman–Crippen LogP) is 5.27. The van der Waals surface area contributed by atoms with Crippen molar-refractivity contribution in [1.29, 1.82) is 0 Å². The second kappa shape index (κ2) is 9.99. The molecule has 2 heterocycles. The standard InChI is InChI=1S/C24H22ClF3N4O3/c1-31-13-19(29-14-31)23(34)32-11-5-4-7-20(32)22(33)30-15-9-10-16(18(25)12-15)17-6-2-3-8-21(17)35-24(26,27)28/h2-3,6,8-10,12-14,20H,4-5,7,11H2,1H3,(H,30,33). The van der Waals surface area contributed by atoms with Crippen molar-refractivity contribution in [3.8, 4) is 16.9 Å². The summed E-state index contributed by atoms with van der Waals surface area (Å²) in [6.07, 6.45) is 0.341. The topological polar surface area (TPSA) is 76.5 Å². The summed E-state index contributed by atoms with van der Waals surface area (Å²) in [6, 6.07) is 9.47. The number of nitrogens with zero attached hydrogens (tertiary/aromatic N) is 3. The van der Waals surface area contributed by atoms with E-state index in [-0.39, 0.29) is 33.8 Å². The first-order chi connectivity index (χ1) is 16.6. The lowest BCUT2D eigenvalue weighted by Gasteiger charge is -2.34. The summed E-state index contributed by atoms with van der Waals surface area (Å²) >= 11 is 6.37. The van der Waals surface area contributed by atoms with Gasteiger partial charge in [0.15, 0.2) is 0 Å². The number of amides is 2. The van der Waals surface area contributed by atoms with E-state index in [2.05, 4.69) is 15.0 Å². The second-order valence-electron chi connectivity index (χ2n) is 8.16. The fourth-order valence-electron chi connectivity index (χ4n) is 4.06. The number of aromatic nitrogens is 2. The van der Waals surface area contributed by atoms with E-state index >= 15 is 0 Å². The number of likely N-dealkylation sites (tertiary alicyclic amines) is 1. The normalized spacial score (nSPS) is 16.1. The van der Waals surface area contributed by atoms with Gasteiger partial charge in [0.05, 0.1) is 11.3 Å². The van der Waals surface area contributed by atoms with E-state index in [1.165, 1.54) is 47.6 Å². The van der Waals surface area contributed by atoms with E-state index in [9.17, 15) is 22.8 Å². The van der Waals surface area contributed by atoms with Gasteiger partial charge >= 0.3 is 6.36 Å². The van der Waals surface area contributed by atoms with Crippen molar-refractivity contribution in [1.82, 2.24) is 14.5 Å². The molecule has 1 atom stereocenters. The highest BCUT2D eigenvalue weighted by molar-refractivity contribution is 6.33. The maximum Gasteiger partial charge on any atom is 0.573 e. The molecule has 1 aromatic heterocycles. The Bertz CT molecular complexity index is 1240. The molecule has 7 nitrogen and oxygen atoms in total. The second-order valence-corrected chi connectivity index (χ2v) is 8.57. The fraction of sp³-hybridized carbons (Fsp3) is 0.292. The lowest BCUT2D eigenvalue weighted by molar-refractivity contribution is -0.274. The Labute approximate surface area is 204 Å². The molecule has 0 aliphatic carbocycles. The van der Waals surface area contributed by atoms with Crippen molar-refractivity contribution in [3.05, 3.63) is 65.7 Å². The number of ether oxygens (including phenoxy) is 1. The van der Waals surface area contributed by atoms with Crippen LogP contribution in [0.2, 0.25) is 5.02 Å². The van der Waals surface area contributed by atoms with Crippen LogP contribution < -0.4 is 10.1 Å². The number of aryl methyl sites for hydroxylation is 1. The summed E-state index contributed by atoms with van der Waals surface area (Å²) in [4.78, 5) is 31.6. The van der Waals surface area contributed by atoms with Crippen molar-refractivity contribution in [2.24, 2.45) is 7.05 Å². The van der Waals surface area contributed by atoms with Gasteiger partial charge in [0.2, 0.25) is 5.91 Å². The van der Waals surface area contributed by atoms with Crippen molar-refractivity contribution >= 4 is 29.1 Å². The fourth-order valence-corrected chi connectivity index (χ4v) is 4.34. The van der Waals surface area contributed by atoms with E-state index in [0.29, 0.717) is 24.2 Å². The molecular formula is C24H22ClF3N4O3. The Morgan fingerprint density at radius 3 is 2.60 bits per heavy atom. The molecule has 11 heteroatoms. The minimum atomic E-state index is -4.85. The zero-order valence-electron chi connectivity index (χ0n) is 18.7. The van der Waals surface area contributed by atoms with Crippen LogP contribution in [0.4, 0.5) is 18.9 Å². The number of piperidine rings is 1. The maximum absolute atomic E-state index is 13.1. The number of rotatable bonds is 5. The van der Waals surface area contributed by atoms with Crippen LogP contribution >= 0.6 is 11.6 Å². The van der Waals surface area contributed by atoms with Crippen LogP contribution in [0.15, 0.2) is 55.0 Å². The number of nitrogens with one attached hydrogen (secondary N) is 1. The van der Waals surface area contributed by atoms with E-state index in [1.54, 1.807) is 23.9 Å². The van der Waals surface area contributed by atoms with Gasteiger partial charge < -0.3 is 19.5 Å². The van der Waals surface area contributed by atoms with Crippen LogP contribution in [-0.2, 0) is 11.8 Å². The summed E-state index contributed by atoms with van der Waals surface area (Å²) in [5.74, 6) is -1.08. The molecule has 2 aromatic carbocycles. The van der Waals surface area contributed by atoms with Gasteiger partial charge in [-0.2, -0.15) is 0 Å². The van der Waals surface area contributed by atoms with Crippen LogP contribution in [0.3, 0.4) is 0 Å². The van der Waals surface area contributed by atoms with Crippen LogP contribution in [0.5, 0.6) is 5.75 Å². The van der Waals surface area contributed by atoms with Crippen molar-refractivity contribution in [3.63, 3.8) is 0 Å². The van der Waals surface area contributed by atoms with Crippen molar-refractivity contribution < 1.29 is 27.5 Å². The number of para-hydroxylation sites is 1. The first-order valence-corrected chi connectivity index (χ1v) is 11.2. The molecule has 1 aliphatic heterocycles. The van der Waals surface area contributed by atoms with Gasteiger partial charge in [-0.15, -0.1) is 13.2 Å². The average Bonchev–Trinajstić information content (AvgIpc) is 3.24. The van der Waals surface area contributed by atoms with Crippen LogP contribution in [0.1, 0.15) is 29.8 Å². The van der Waals surface area contributed by atoms with Gasteiger partial charge in [0, 0.05) is 36.6 Å². The molecule has 184 valence electrons. The summed E-state index contributed by atoms with van der Waals surface area (Å²) < 4.78 is 44.1. The molecule has 1 fully saturated rings. The Hall–Kier alpha value is -3.53. The number of imidazole rings is 1. The summed E-state index contributed by atoms with van der Waals surface area (Å²) in [6.45, 7) is 0.434. The number of hydrogen-bond donors (Lipinski definition) is 1. The molecular weight excluding hydrogens is 485 g/mol. The zero-order chi connectivity index (χ0) is 25.2. The average molecular weight is 507 g/mol. The summed E-state index contributed by atoms with van der Waals surface area (Å²) in [7, 11) is 1.76. The van der Waals surface area contributed by atoms with Crippen LogP contribution in [0, 0.1) is 0 Å². The molecule has 1 aliphatic rings. The third-order valence-electron chi connectivity index (χ3n) is 5.63. The number of carbonyl (C=O) groups excluding carboxylic acids is 2. The quantitative estimate of drug-likeness (QED) is 0.511. The largest absolute Gasteiger partial charge is 0.573 e. The summed E-state index contributed by atoms with van der Waals surface area (Å²) in [5.41, 5.74) is 1.09. The van der Waals surface area contributed by atoms with Gasteiger partial charge in [-0.25, -0.2) is 4.98 Å². The molecule has 0 bridgehead atoms. The van der Waals surface area contributed by atoms with Gasteiger partial charge in [0.25, 0.3) is 5.91 Å². The number of carbonyl (C=O) groups is 2. The molecule has 3 aromatic rings. The smallest absolute Gasteiger partial charge is 0.405 e. The monoisotopic (exact) mass is 506 g/mol. The van der Waals surface area contributed by atoms with Crippen LogP contribution in [-0.4, -0.2) is 45.2 Å². The highest BCUT2D eigenvalue weighted by atomic mass is 35.5. The molecule has 2 amide bonds. The molecule has 0 spiro atoms. The highest BCUT2D eigenvalue weighted by Gasteiger charge is 2.34. The third kappa shape index (κ3) is 5.76. The number of halogens is 4. The minimum Gasteiger partial charge on any atom is -0.405 e. The molecule has 35 heavy (non-hydrogen) atoms. The van der Waals surface area contributed by atoms with E-state index < -0.39 is 12.4 Å².